The van der Waals surface area contributed by atoms with Gasteiger partial charge in [0.2, 0.25) is 0 Å². The molecule has 0 aliphatic rings. The summed E-state index contributed by atoms with van der Waals surface area (Å²) in [6.45, 7) is 4.63. The molecule has 0 amide bonds. The first-order valence-corrected chi connectivity index (χ1v) is 5.78. The molecule has 4 heteroatoms. The lowest BCUT2D eigenvalue weighted by atomic mass is 10.3. The van der Waals surface area contributed by atoms with Gasteiger partial charge >= 0.3 is 0 Å². The highest BCUT2D eigenvalue weighted by Gasteiger charge is 2.01. The number of aromatic nitrogens is 1. The number of hydrogen-bond acceptors (Lipinski definition) is 1. The van der Waals surface area contributed by atoms with Crippen molar-refractivity contribution in [2.24, 2.45) is 0 Å². The lowest BCUT2D eigenvalue weighted by Crippen LogP contribution is -2.19. The van der Waals surface area contributed by atoms with E-state index in [4.69, 9.17) is 0 Å². The van der Waals surface area contributed by atoms with Gasteiger partial charge in [0, 0.05) is 17.2 Å². The lowest BCUT2D eigenvalue weighted by molar-refractivity contribution is 0.766. The van der Waals surface area contributed by atoms with Gasteiger partial charge in [0.25, 0.3) is 5.56 Å². The maximum atomic E-state index is 11.6. The van der Waals surface area contributed by atoms with E-state index in [0.717, 1.165) is 4.47 Å². The number of pyridine rings is 1. The van der Waals surface area contributed by atoms with Crippen LogP contribution in [0.1, 0.15) is 13.8 Å². The van der Waals surface area contributed by atoms with Gasteiger partial charge in [0.05, 0.1) is 4.47 Å². The maximum Gasteiger partial charge on any atom is 0.265 e. The second kappa shape index (κ2) is 4.94. The molecule has 0 unspecified atom stereocenters. The first-order chi connectivity index (χ1) is 6.50. The van der Waals surface area contributed by atoms with E-state index in [2.05, 4.69) is 31.9 Å². The Bertz CT molecular complexity index is 417. The Balaban J connectivity index is 3.09. The highest BCUT2D eigenvalue weighted by Crippen LogP contribution is 2.12. The van der Waals surface area contributed by atoms with Crippen molar-refractivity contribution in [1.82, 2.24) is 4.57 Å². The average Bonchev–Trinajstić information content (AvgIpc) is 2.08. The predicted molar refractivity (Wildman–Crippen MR) is 65.5 cm³/mol. The summed E-state index contributed by atoms with van der Waals surface area (Å²) >= 11 is 6.56. The molecule has 0 atom stereocenters. The van der Waals surface area contributed by atoms with Crippen LogP contribution in [0, 0.1) is 0 Å². The molecule has 0 bridgehead atoms. The van der Waals surface area contributed by atoms with Crippen molar-refractivity contribution in [3.05, 3.63) is 43.2 Å². The second-order valence-electron chi connectivity index (χ2n) is 3.25. The Morgan fingerprint density at radius 1 is 1.50 bits per heavy atom. The van der Waals surface area contributed by atoms with Crippen LogP contribution in [0.4, 0.5) is 0 Å². The first kappa shape index (κ1) is 11.7. The minimum absolute atomic E-state index is 0.00861. The Morgan fingerprint density at radius 3 is 2.71 bits per heavy atom. The van der Waals surface area contributed by atoms with E-state index in [0.29, 0.717) is 11.0 Å². The zero-order chi connectivity index (χ0) is 10.7. The van der Waals surface area contributed by atoms with E-state index in [1.165, 1.54) is 5.57 Å². The molecule has 0 fully saturated rings. The summed E-state index contributed by atoms with van der Waals surface area (Å²) in [6, 6.07) is 1.75. The van der Waals surface area contributed by atoms with Crippen LogP contribution in [0.2, 0.25) is 0 Å². The quantitative estimate of drug-likeness (QED) is 0.766. The summed E-state index contributed by atoms with van der Waals surface area (Å²) < 4.78 is 3.13. The minimum atomic E-state index is -0.00861. The summed E-state index contributed by atoms with van der Waals surface area (Å²) in [5, 5.41) is 0. The fraction of sp³-hybridized carbons (Fsp3) is 0.300. The van der Waals surface area contributed by atoms with Crippen molar-refractivity contribution in [2.45, 2.75) is 20.4 Å². The maximum absolute atomic E-state index is 11.6. The normalized spacial score (nSPS) is 10.0. The molecule has 0 aliphatic heterocycles. The van der Waals surface area contributed by atoms with E-state index in [-0.39, 0.29) is 5.56 Å². The van der Waals surface area contributed by atoms with Crippen molar-refractivity contribution in [2.75, 3.05) is 0 Å². The molecule has 2 nitrogen and oxygen atoms in total. The molecule has 1 aromatic rings. The number of halogens is 2. The van der Waals surface area contributed by atoms with Crippen molar-refractivity contribution in [3.8, 4) is 0 Å². The van der Waals surface area contributed by atoms with Crippen LogP contribution >= 0.6 is 31.9 Å². The van der Waals surface area contributed by atoms with Crippen LogP contribution in [-0.2, 0) is 6.54 Å². The van der Waals surface area contributed by atoms with Crippen LogP contribution in [0.25, 0.3) is 0 Å². The first-order valence-electron chi connectivity index (χ1n) is 4.19. The van der Waals surface area contributed by atoms with Gasteiger partial charge in [-0.05, 0) is 51.8 Å². The Labute approximate surface area is 99.9 Å². The van der Waals surface area contributed by atoms with Gasteiger partial charge < -0.3 is 4.57 Å². The lowest BCUT2D eigenvalue weighted by Gasteiger charge is -2.04. The van der Waals surface area contributed by atoms with Gasteiger partial charge in [-0.1, -0.05) is 11.6 Å². The Kier molecular flexibility index (Phi) is 4.13. The van der Waals surface area contributed by atoms with Crippen molar-refractivity contribution in [1.29, 1.82) is 0 Å². The summed E-state index contributed by atoms with van der Waals surface area (Å²) in [5.74, 6) is 0. The van der Waals surface area contributed by atoms with Gasteiger partial charge in [0.15, 0.2) is 0 Å². The number of allylic oxidation sites excluding steroid dienone is 2. The molecule has 1 aromatic heterocycles. The Morgan fingerprint density at radius 2 is 2.14 bits per heavy atom. The van der Waals surface area contributed by atoms with Gasteiger partial charge in [-0.3, -0.25) is 4.79 Å². The average molecular weight is 321 g/mol. The SMILES string of the molecule is CC(C)=CCn1cc(Br)cc(Br)c1=O. The third-order valence-electron chi connectivity index (χ3n) is 1.71. The van der Waals surface area contributed by atoms with Crippen molar-refractivity contribution < 1.29 is 0 Å². The molecule has 14 heavy (non-hydrogen) atoms. The molecule has 0 spiro atoms. The summed E-state index contributed by atoms with van der Waals surface area (Å²) in [6.07, 6.45) is 3.80. The summed E-state index contributed by atoms with van der Waals surface area (Å²) in [5.41, 5.74) is 1.19. The third-order valence-corrected chi connectivity index (χ3v) is 2.71. The van der Waals surface area contributed by atoms with Crippen LogP contribution in [-0.4, -0.2) is 4.57 Å². The molecule has 0 N–H and O–H groups in total. The van der Waals surface area contributed by atoms with Gasteiger partial charge in [-0.25, -0.2) is 0 Å². The largest absolute Gasteiger partial charge is 0.310 e. The molecule has 0 aromatic carbocycles. The molecule has 76 valence electrons. The van der Waals surface area contributed by atoms with Gasteiger partial charge in [-0.2, -0.15) is 0 Å². The van der Waals surface area contributed by atoms with E-state index in [1.807, 2.05) is 19.9 Å². The minimum Gasteiger partial charge on any atom is -0.310 e. The third kappa shape index (κ3) is 3.10. The van der Waals surface area contributed by atoms with Gasteiger partial charge in [-0.15, -0.1) is 0 Å². The molecular formula is C10H11Br2NO. The summed E-state index contributed by atoms with van der Waals surface area (Å²) in [7, 11) is 0. The molecule has 0 saturated carbocycles. The van der Waals surface area contributed by atoms with Crippen LogP contribution in [0.15, 0.2) is 37.7 Å². The monoisotopic (exact) mass is 319 g/mol. The number of nitrogens with zero attached hydrogens (tertiary/aromatic N) is 1. The smallest absolute Gasteiger partial charge is 0.265 e. The van der Waals surface area contributed by atoms with E-state index in [9.17, 15) is 4.79 Å². The van der Waals surface area contributed by atoms with Crippen LogP contribution < -0.4 is 5.56 Å². The van der Waals surface area contributed by atoms with Crippen LogP contribution in [0.3, 0.4) is 0 Å². The number of rotatable bonds is 2. The topological polar surface area (TPSA) is 22.0 Å². The highest BCUT2D eigenvalue weighted by molar-refractivity contribution is 9.11. The number of hydrogen-bond donors (Lipinski definition) is 0. The molecule has 1 rings (SSSR count). The van der Waals surface area contributed by atoms with Gasteiger partial charge in [0.1, 0.15) is 0 Å². The molecule has 0 radical (unpaired) electrons. The standard InChI is InChI=1S/C10H11Br2NO/c1-7(2)3-4-13-6-8(11)5-9(12)10(13)14/h3,5-6H,4H2,1-2H3. The second-order valence-corrected chi connectivity index (χ2v) is 5.02. The zero-order valence-electron chi connectivity index (χ0n) is 8.05. The highest BCUT2D eigenvalue weighted by atomic mass is 79.9. The Hall–Kier alpha value is -0.350. The predicted octanol–water partition coefficient (Wildman–Crippen LogP) is 3.34. The fourth-order valence-corrected chi connectivity index (χ4v) is 2.24. The van der Waals surface area contributed by atoms with E-state index < -0.39 is 0 Å². The fourth-order valence-electron chi connectivity index (χ4n) is 0.981. The molecule has 0 saturated heterocycles. The summed E-state index contributed by atoms with van der Waals surface area (Å²) in [4.78, 5) is 11.6. The van der Waals surface area contributed by atoms with Crippen molar-refractivity contribution >= 4 is 31.9 Å². The van der Waals surface area contributed by atoms with Crippen LogP contribution in [0.5, 0.6) is 0 Å². The molecule has 0 aliphatic carbocycles. The zero-order valence-corrected chi connectivity index (χ0v) is 11.2. The van der Waals surface area contributed by atoms with E-state index in [1.54, 1.807) is 16.8 Å². The molecule has 1 heterocycles. The molecular weight excluding hydrogens is 310 g/mol. The van der Waals surface area contributed by atoms with Crippen molar-refractivity contribution in [3.63, 3.8) is 0 Å². The van der Waals surface area contributed by atoms with E-state index >= 15 is 0 Å².